The van der Waals surface area contributed by atoms with Crippen molar-refractivity contribution in [3.8, 4) is 22.8 Å². The van der Waals surface area contributed by atoms with Gasteiger partial charge in [0.1, 0.15) is 17.0 Å². The van der Waals surface area contributed by atoms with Crippen molar-refractivity contribution in [1.82, 2.24) is 35.4 Å². The SMILES string of the molecule is C=C\C(=C/C(=C\C)C(/C)=C/C=c1/[nH]nc(-c2nc3c(-c4cc(F)cc(CCCN(C)C)c4)nccc3[nH]2)c1=C)CC1CCNCC1. The molecule has 8 heteroatoms. The fourth-order valence-electron chi connectivity index (χ4n) is 6.05. The average molecular weight is 620 g/mol. The van der Waals surface area contributed by atoms with Crippen molar-refractivity contribution < 1.29 is 4.39 Å². The largest absolute Gasteiger partial charge is 0.336 e. The zero-order valence-electron chi connectivity index (χ0n) is 27.6. The van der Waals surface area contributed by atoms with E-state index in [9.17, 15) is 4.39 Å². The van der Waals surface area contributed by atoms with Crippen molar-refractivity contribution in [1.29, 1.82) is 0 Å². The minimum atomic E-state index is -0.276. The van der Waals surface area contributed by atoms with E-state index in [4.69, 9.17) is 4.98 Å². The molecule has 1 fully saturated rings. The van der Waals surface area contributed by atoms with Gasteiger partial charge in [-0.05, 0) is 138 Å². The number of hydrogen-bond donors (Lipinski definition) is 3. The highest BCUT2D eigenvalue weighted by molar-refractivity contribution is 5.91. The van der Waals surface area contributed by atoms with E-state index in [-0.39, 0.29) is 5.82 Å². The zero-order chi connectivity index (χ0) is 32.6. The molecule has 0 unspecified atom stereocenters. The number of hydrogen-bond acceptors (Lipinski definition) is 5. The first-order chi connectivity index (χ1) is 22.2. The van der Waals surface area contributed by atoms with Gasteiger partial charge in [-0.15, -0.1) is 0 Å². The Balaban J connectivity index is 1.40. The van der Waals surface area contributed by atoms with Gasteiger partial charge in [-0.1, -0.05) is 37.5 Å². The molecule has 5 rings (SSSR count). The van der Waals surface area contributed by atoms with E-state index in [1.54, 1.807) is 12.3 Å². The van der Waals surface area contributed by atoms with Crippen molar-refractivity contribution >= 4 is 23.7 Å². The molecule has 0 spiro atoms. The molecule has 4 aromatic rings. The van der Waals surface area contributed by atoms with E-state index in [1.807, 2.05) is 38.4 Å². The van der Waals surface area contributed by atoms with Crippen LogP contribution in [0.1, 0.15) is 45.1 Å². The zero-order valence-corrected chi connectivity index (χ0v) is 27.6. The van der Waals surface area contributed by atoms with E-state index in [1.165, 1.54) is 30.1 Å². The molecule has 1 saturated heterocycles. The smallest absolute Gasteiger partial charge is 0.159 e. The standard InChI is InChI=1S/C38H46FN7/c1-7-27(20-28-13-16-40-17-14-28)21-30(8-2)25(3)11-12-33-26(4)35(45-44-33)38-42-34-15-18-41-36(37(34)43-38)31-22-29(23-32(39)24-31)10-9-19-46(5)6/h7-8,11-12,15,18,21-24,28,40,44H,1,4,9-10,13-14,16-17,19-20H2,2-3,5-6H3,(H,42,43)/b25-11+,27-21+,30-8+,33-12+. The normalized spacial score (nSPS) is 15.8. The highest BCUT2D eigenvalue weighted by Gasteiger charge is 2.16. The number of allylic oxidation sites excluding steroid dienone is 7. The Kier molecular flexibility index (Phi) is 10.9. The quantitative estimate of drug-likeness (QED) is 0.164. The highest BCUT2D eigenvalue weighted by atomic mass is 19.1. The molecule has 7 nitrogen and oxygen atoms in total. The van der Waals surface area contributed by atoms with Gasteiger partial charge < -0.3 is 15.2 Å². The maximum absolute atomic E-state index is 14.7. The molecule has 0 atom stereocenters. The van der Waals surface area contributed by atoms with Crippen LogP contribution >= 0.6 is 0 Å². The van der Waals surface area contributed by atoms with E-state index >= 15 is 0 Å². The monoisotopic (exact) mass is 619 g/mol. The number of piperidine rings is 1. The predicted octanol–water partition coefficient (Wildman–Crippen LogP) is 6.23. The Morgan fingerprint density at radius 2 is 1.96 bits per heavy atom. The summed E-state index contributed by atoms with van der Waals surface area (Å²) in [5, 5.41) is 12.7. The number of fused-ring (bicyclic) bond motifs is 1. The van der Waals surface area contributed by atoms with Gasteiger partial charge in [0.05, 0.1) is 16.6 Å². The fourth-order valence-corrected chi connectivity index (χ4v) is 6.05. The van der Waals surface area contributed by atoms with Crippen LogP contribution in [-0.4, -0.2) is 63.8 Å². The number of H-pyrrole nitrogens is 2. The van der Waals surface area contributed by atoms with Gasteiger partial charge >= 0.3 is 0 Å². The van der Waals surface area contributed by atoms with Crippen molar-refractivity contribution in [3.05, 3.63) is 100 Å². The summed E-state index contributed by atoms with van der Waals surface area (Å²) in [6.07, 6.45) is 17.4. The highest BCUT2D eigenvalue weighted by Crippen LogP contribution is 2.29. The van der Waals surface area contributed by atoms with Crippen LogP contribution < -0.4 is 15.9 Å². The van der Waals surface area contributed by atoms with Gasteiger partial charge in [-0.3, -0.25) is 10.1 Å². The molecule has 46 heavy (non-hydrogen) atoms. The number of aromatic amines is 2. The third-order valence-corrected chi connectivity index (χ3v) is 8.68. The van der Waals surface area contributed by atoms with Crippen molar-refractivity contribution in [3.63, 3.8) is 0 Å². The number of nitrogens with zero attached hydrogens (tertiary/aromatic N) is 4. The molecule has 1 aromatic carbocycles. The summed E-state index contributed by atoms with van der Waals surface area (Å²) in [7, 11) is 4.08. The second-order valence-corrected chi connectivity index (χ2v) is 12.4. The number of benzene rings is 1. The second kappa shape index (κ2) is 15.3. The first-order valence-electron chi connectivity index (χ1n) is 16.2. The maximum Gasteiger partial charge on any atom is 0.159 e. The molecule has 0 radical (unpaired) electrons. The van der Waals surface area contributed by atoms with Crippen LogP contribution in [0.25, 0.3) is 46.5 Å². The van der Waals surface area contributed by atoms with Crippen LogP contribution in [0.15, 0.2) is 78.1 Å². The van der Waals surface area contributed by atoms with E-state index < -0.39 is 0 Å². The fraction of sp³-hybridized carbons (Fsp3) is 0.342. The van der Waals surface area contributed by atoms with Gasteiger partial charge in [0.25, 0.3) is 0 Å². The van der Waals surface area contributed by atoms with Crippen LogP contribution in [-0.2, 0) is 6.42 Å². The van der Waals surface area contributed by atoms with Crippen LogP contribution in [0.5, 0.6) is 0 Å². The van der Waals surface area contributed by atoms with Crippen LogP contribution in [0.3, 0.4) is 0 Å². The van der Waals surface area contributed by atoms with E-state index in [0.29, 0.717) is 34.2 Å². The van der Waals surface area contributed by atoms with Gasteiger partial charge in [0.15, 0.2) is 5.82 Å². The molecular weight excluding hydrogens is 573 g/mol. The molecule has 3 N–H and O–H groups in total. The minimum Gasteiger partial charge on any atom is -0.336 e. The number of nitrogens with one attached hydrogen (secondary N) is 3. The summed E-state index contributed by atoms with van der Waals surface area (Å²) in [4.78, 5) is 15.0. The molecule has 0 aliphatic carbocycles. The molecule has 1 aliphatic heterocycles. The topological polar surface area (TPSA) is 85.5 Å². The van der Waals surface area contributed by atoms with Gasteiger partial charge in [-0.2, -0.15) is 5.10 Å². The molecule has 0 saturated carbocycles. The predicted molar refractivity (Wildman–Crippen MR) is 189 cm³/mol. The first-order valence-corrected chi connectivity index (χ1v) is 16.2. The Labute approximate surface area is 271 Å². The van der Waals surface area contributed by atoms with E-state index in [2.05, 4.69) is 75.6 Å². The number of aryl methyl sites for hydroxylation is 1. The van der Waals surface area contributed by atoms with Gasteiger partial charge in [-0.25, -0.2) is 9.37 Å². The Morgan fingerprint density at radius 1 is 1.15 bits per heavy atom. The maximum atomic E-state index is 14.7. The Hall–Kier alpha value is -4.40. The Morgan fingerprint density at radius 3 is 2.70 bits per heavy atom. The third-order valence-electron chi connectivity index (χ3n) is 8.68. The minimum absolute atomic E-state index is 0.276. The molecule has 0 amide bonds. The summed E-state index contributed by atoms with van der Waals surface area (Å²) < 4.78 is 14.7. The lowest BCUT2D eigenvalue weighted by atomic mass is 9.89. The number of rotatable bonds is 12. The van der Waals surface area contributed by atoms with Crippen LogP contribution in [0.4, 0.5) is 4.39 Å². The summed E-state index contributed by atoms with van der Waals surface area (Å²) >= 11 is 0. The summed E-state index contributed by atoms with van der Waals surface area (Å²) in [6.45, 7) is 15.7. The number of imidazole rings is 1. The molecule has 240 valence electrons. The second-order valence-electron chi connectivity index (χ2n) is 12.4. The van der Waals surface area contributed by atoms with Crippen LogP contribution in [0, 0.1) is 11.7 Å². The summed E-state index contributed by atoms with van der Waals surface area (Å²) in [5.41, 5.74) is 7.95. The number of pyridine rings is 1. The molecule has 4 heterocycles. The van der Waals surface area contributed by atoms with E-state index in [0.717, 1.165) is 66.1 Å². The summed E-state index contributed by atoms with van der Waals surface area (Å²) in [6, 6.07) is 7.01. The molecular formula is C38H46FN7. The summed E-state index contributed by atoms with van der Waals surface area (Å²) in [5.74, 6) is 1.01. The molecule has 0 bridgehead atoms. The lowest BCUT2D eigenvalue weighted by molar-refractivity contribution is 0.374. The van der Waals surface area contributed by atoms with Crippen molar-refractivity contribution in [2.45, 2.75) is 46.0 Å². The molecule has 3 aromatic heterocycles. The number of halogens is 1. The lowest BCUT2D eigenvalue weighted by Gasteiger charge is -2.23. The van der Waals surface area contributed by atoms with Crippen molar-refractivity contribution in [2.75, 3.05) is 33.7 Å². The third kappa shape index (κ3) is 8.05. The average Bonchev–Trinajstić information content (AvgIpc) is 3.64. The lowest BCUT2D eigenvalue weighted by Crippen LogP contribution is -2.27. The van der Waals surface area contributed by atoms with Crippen molar-refractivity contribution in [2.24, 2.45) is 5.92 Å². The first kappa shape index (κ1) is 33.0. The van der Waals surface area contributed by atoms with Gasteiger partial charge in [0.2, 0.25) is 0 Å². The number of aromatic nitrogens is 5. The molecule has 1 aliphatic rings. The van der Waals surface area contributed by atoms with Crippen LogP contribution in [0.2, 0.25) is 0 Å². The van der Waals surface area contributed by atoms with Gasteiger partial charge in [0, 0.05) is 17.0 Å². The Bertz CT molecular complexity index is 1880.